The molecule has 0 radical (unpaired) electrons. The molecule has 13 heteroatoms. The van der Waals surface area contributed by atoms with Gasteiger partial charge in [0.25, 0.3) is 0 Å². The molecular weight excluding hydrogens is 544 g/mol. The molecule has 0 aromatic heterocycles. The number of aliphatic hydroxyl groups is 4. The van der Waals surface area contributed by atoms with Gasteiger partial charge in [0.2, 0.25) is 0 Å². The van der Waals surface area contributed by atoms with Gasteiger partial charge >= 0.3 is 29.0 Å². The van der Waals surface area contributed by atoms with Crippen LogP contribution >= 0.6 is 0 Å². The third-order valence-corrected chi connectivity index (χ3v) is 5.93. The second-order valence-electron chi connectivity index (χ2n) is 8.26. The third-order valence-electron chi connectivity index (χ3n) is 5.93. The Balaban J connectivity index is 0.00000684. The van der Waals surface area contributed by atoms with Crippen LogP contribution < -0.4 is 0 Å². The average molecular weight is 580 g/mol. The van der Waals surface area contributed by atoms with Crippen LogP contribution in [0.4, 0.5) is 0 Å². The van der Waals surface area contributed by atoms with E-state index >= 15 is 0 Å². The zero-order valence-corrected chi connectivity index (χ0v) is 21.0. The molecule has 0 spiro atoms. The van der Waals surface area contributed by atoms with Crippen LogP contribution in [0, 0.1) is 0 Å². The molecule has 2 atom stereocenters. The first-order chi connectivity index (χ1) is 17.2. The maximum Gasteiger partial charge on any atom is 2.00 e. The van der Waals surface area contributed by atoms with Crippen molar-refractivity contribution in [3.63, 3.8) is 0 Å². The number of hydrogen-bond donors (Lipinski definition) is 8. The van der Waals surface area contributed by atoms with E-state index in [1.165, 1.54) is 34.1 Å². The van der Waals surface area contributed by atoms with E-state index in [1.54, 1.807) is 12.1 Å². The van der Waals surface area contributed by atoms with Crippen LogP contribution in [-0.2, 0) is 53.0 Å². The van der Waals surface area contributed by atoms with E-state index < -0.39 is 63.5 Å². The van der Waals surface area contributed by atoms with Gasteiger partial charge in [-0.1, -0.05) is 43.8 Å². The van der Waals surface area contributed by atoms with Crippen molar-refractivity contribution in [1.29, 1.82) is 0 Å². The molecule has 0 saturated carbocycles. The topological polar surface area (TPSA) is 202 Å². The first-order valence-electron chi connectivity index (χ1n) is 11.1. The molecule has 0 unspecified atom stereocenters. The van der Waals surface area contributed by atoms with Crippen LogP contribution in [0.2, 0.25) is 0 Å². The Labute approximate surface area is 231 Å². The molecule has 0 saturated heterocycles. The van der Waals surface area contributed by atoms with Crippen molar-refractivity contribution in [2.45, 2.75) is 45.8 Å². The Morgan fingerprint density at radius 3 is 1.24 bits per heavy atom. The first kappa shape index (κ1) is 35.3. The van der Waals surface area contributed by atoms with E-state index in [0.717, 1.165) is 0 Å². The van der Waals surface area contributed by atoms with Gasteiger partial charge in [-0.05, 0) is 0 Å². The number of aromatic hydroxyl groups is 2. The number of hydrogen-bond acceptors (Lipinski definition) is 10. The molecule has 38 heavy (non-hydrogen) atoms. The van der Waals surface area contributed by atoms with Crippen molar-refractivity contribution in [3.05, 3.63) is 58.7 Å². The molecule has 0 aliphatic rings. The van der Waals surface area contributed by atoms with Gasteiger partial charge in [0.1, 0.15) is 11.5 Å². The predicted molar refractivity (Wildman–Crippen MR) is 133 cm³/mol. The fourth-order valence-corrected chi connectivity index (χ4v) is 4.13. The number of aliphatic carboxylic acids is 2. The molecule has 0 bridgehead atoms. The summed E-state index contributed by atoms with van der Waals surface area (Å²) >= 11 is 0. The van der Waals surface area contributed by atoms with Gasteiger partial charge in [0.05, 0.1) is 51.6 Å². The van der Waals surface area contributed by atoms with Crippen LogP contribution in [0.5, 0.6) is 11.5 Å². The van der Waals surface area contributed by atoms with Crippen LogP contribution in [-0.4, -0.2) is 101 Å². The van der Waals surface area contributed by atoms with E-state index in [9.17, 15) is 50.4 Å². The Hall–Kier alpha value is -2.74. The van der Waals surface area contributed by atoms with Crippen LogP contribution in [0.15, 0.2) is 36.4 Å². The number of benzene rings is 2. The van der Waals surface area contributed by atoms with Gasteiger partial charge in [-0.15, -0.1) is 0 Å². The molecule has 2 rings (SSSR count). The van der Waals surface area contributed by atoms with Crippen LogP contribution in [0.3, 0.4) is 0 Å². The summed E-state index contributed by atoms with van der Waals surface area (Å²) in [5.74, 6) is -3.02. The van der Waals surface area contributed by atoms with Crippen molar-refractivity contribution < 1.29 is 67.5 Å². The van der Waals surface area contributed by atoms with E-state index in [4.69, 9.17) is 0 Å². The van der Waals surface area contributed by atoms with E-state index in [-0.39, 0.29) is 71.3 Å². The average Bonchev–Trinajstić information content (AvgIpc) is 2.83. The zero-order chi connectivity index (χ0) is 26.8. The Morgan fingerprint density at radius 2 is 0.974 bits per heavy atom. The molecule has 0 fully saturated rings. The number of nitrogens with zero attached hydrogens (tertiary/aromatic N) is 2. The number of carbonyl (C=O) groups is 2. The maximum absolute atomic E-state index is 11.6. The molecule has 2 aromatic carbocycles. The number of phenols is 2. The van der Waals surface area contributed by atoms with Crippen molar-refractivity contribution >= 4 is 11.9 Å². The zero-order valence-electron chi connectivity index (χ0n) is 19.9. The number of rotatable bonds is 15. The van der Waals surface area contributed by atoms with E-state index in [1.807, 2.05) is 0 Å². The third kappa shape index (κ3) is 9.22. The fourth-order valence-electron chi connectivity index (χ4n) is 4.13. The summed E-state index contributed by atoms with van der Waals surface area (Å²) in [7, 11) is 0. The van der Waals surface area contributed by atoms with Crippen LogP contribution in [0.1, 0.15) is 29.7 Å². The molecule has 0 aliphatic carbocycles. The number of carboxylic acids is 2. The predicted octanol–water partition coefficient (Wildman–Crippen LogP) is -0.0888. The Morgan fingerprint density at radius 1 is 0.658 bits per heavy atom. The number of aliphatic hydroxyl groups excluding tert-OH is 4. The summed E-state index contributed by atoms with van der Waals surface area (Å²) in [5.41, 5.74) is 0.953. The quantitative estimate of drug-likeness (QED) is 0.130. The van der Waals surface area contributed by atoms with Gasteiger partial charge in [0, 0.05) is 35.3 Å². The fraction of sp³-hybridized carbons (Fsp3) is 0.440. The monoisotopic (exact) mass is 580 g/mol. The molecule has 8 N–H and O–H groups in total. The summed E-state index contributed by atoms with van der Waals surface area (Å²) in [4.78, 5) is 25.8. The van der Waals surface area contributed by atoms with Gasteiger partial charge < -0.3 is 40.9 Å². The smallest absolute Gasteiger partial charge is 0.507 e. The van der Waals surface area contributed by atoms with Crippen molar-refractivity contribution in [3.8, 4) is 11.5 Å². The second kappa shape index (κ2) is 17.0. The molecule has 2 aromatic rings. The summed E-state index contributed by atoms with van der Waals surface area (Å²) in [6.45, 7) is -3.86. The van der Waals surface area contributed by atoms with E-state index in [0.29, 0.717) is 0 Å². The minimum Gasteiger partial charge on any atom is -0.507 e. The normalized spacial score (nSPS) is 12.5. The summed E-state index contributed by atoms with van der Waals surface area (Å²) < 4.78 is 0. The molecule has 0 amide bonds. The molecule has 0 aliphatic heterocycles. The number of carboxylic acid groups (broad SMARTS) is 2. The minimum absolute atomic E-state index is 0. The largest absolute Gasteiger partial charge is 2.00 e. The SMILES string of the molecule is C.O=C(O)CN(Cc1cccc(CO)c1O)[C@H](CO)[C@H](CO)N(CC(=O)O)Cc1cccc(CO)c1O.[Fe+2]. The summed E-state index contributed by atoms with van der Waals surface area (Å²) in [6.07, 6.45) is 0. The summed E-state index contributed by atoms with van der Waals surface area (Å²) in [6, 6.07) is 6.91. The minimum atomic E-state index is -1.26. The standard InChI is InChI=1S/C24H32N2O10.CH4.Fe/c27-11-17-5-1-3-15(23(17)35)7-25(9-21(31)32)19(13-29)20(14-30)26(10-22(33)34)8-16-4-2-6-18(12-28)24(16)36;;/h1-6,19-20,27-30,35-36H,7-14H2,(H,31,32)(H,33,34);1H4;/q;;+2/t19-,20+;;. The van der Waals surface area contributed by atoms with Gasteiger partial charge in [-0.3, -0.25) is 19.4 Å². The molecular formula is C25H36FeN2O10+2. The second-order valence-corrected chi connectivity index (χ2v) is 8.26. The molecule has 12 nitrogen and oxygen atoms in total. The van der Waals surface area contributed by atoms with Crippen molar-refractivity contribution in [2.75, 3.05) is 26.3 Å². The maximum atomic E-state index is 11.6. The molecule has 212 valence electrons. The van der Waals surface area contributed by atoms with E-state index in [2.05, 4.69) is 0 Å². The molecule has 0 heterocycles. The van der Waals surface area contributed by atoms with Gasteiger partial charge in [0.15, 0.2) is 0 Å². The first-order valence-corrected chi connectivity index (χ1v) is 11.1. The van der Waals surface area contributed by atoms with Crippen LogP contribution in [0.25, 0.3) is 0 Å². The Kier molecular flexibility index (Phi) is 15.7. The van der Waals surface area contributed by atoms with Crippen molar-refractivity contribution in [1.82, 2.24) is 9.80 Å². The summed E-state index contributed by atoms with van der Waals surface area (Å²) in [5, 5.41) is 79.2. The van der Waals surface area contributed by atoms with Gasteiger partial charge in [-0.2, -0.15) is 0 Å². The Bertz CT molecular complexity index is 958. The van der Waals surface area contributed by atoms with Crippen molar-refractivity contribution in [2.24, 2.45) is 0 Å². The van der Waals surface area contributed by atoms with Gasteiger partial charge in [-0.25, -0.2) is 0 Å². The number of para-hydroxylation sites is 2.